The van der Waals surface area contributed by atoms with Crippen LogP contribution < -0.4 is 14.8 Å². The van der Waals surface area contributed by atoms with Gasteiger partial charge in [-0.1, -0.05) is 24.3 Å². The fourth-order valence-electron chi connectivity index (χ4n) is 3.23. The lowest BCUT2D eigenvalue weighted by molar-refractivity contribution is -0.125. The Labute approximate surface area is 151 Å². The highest BCUT2D eigenvalue weighted by Crippen LogP contribution is 2.31. The number of nitrogens with one attached hydrogen (secondary N) is 1. The number of nitrogens with zero attached hydrogens (tertiary/aromatic N) is 1. The Morgan fingerprint density at radius 1 is 0.962 bits per heavy atom. The molecule has 0 radical (unpaired) electrons. The van der Waals surface area contributed by atoms with Gasteiger partial charge in [0.05, 0.1) is 11.3 Å². The topological polar surface area (TPSA) is 67.9 Å². The van der Waals surface area contributed by atoms with Crippen LogP contribution in [0, 0.1) is 0 Å². The average Bonchev–Trinajstić information content (AvgIpc) is 3.22. The van der Waals surface area contributed by atoms with Crippen LogP contribution in [0.25, 0.3) is 0 Å². The first-order chi connectivity index (χ1) is 12.7. The summed E-state index contributed by atoms with van der Waals surface area (Å²) in [5.41, 5.74) is 0.997. The summed E-state index contributed by atoms with van der Waals surface area (Å²) in [5.74, 6) is 0.784. The standard InChI is InChI=1S/C20H20N2O4/c23-19(18-13-25-16-9-3-4-10-17(16)26-18)21-15-8-2-1-7-14(15)20(24)22-11-5-6-12-22/h1-4,7-10,18H,5-6,11-13H2,(H,21,23)/t18-/m1/s1. The number of para-hydroxylation sites is 3. The second kappa shape index (κ2) is 7.07. The molecule has 26 heavy (non-hydrogen) atoms. The van der Waals surface area contributed by atoms with Gasteiger partial charge in [0.2, 0.25) is 6.10 Å². The van der Waals surface area contributed by atoms with Gasteiger partial charge < -0.3 is 19.7 Å². The summed E-state index contributed by atoms with van der Waals surface area (Å²) in [6.07, 6.45) is 1.28. The summed E-state index contributed by atoms with van der Waals surface area (Å²) in [7, 11) is 0. The van der Waals surface area contributed by atoms with Crippen molar-refractivity contribution in [3.05, 3.63) is 54.1 Å². The molecule has 6 nitrogen and oxygen atoms in total. The number of amides is 2. The lowest BCUT2D eigenvalue weighted by Crippen LogP contribution is -2.40. The number of hydrogen-bond acceptors (Lipinski definition) is 4. The number of hydrogen-bond donors (Lipinski definition) is 1. The monoisotopic (exact) mass is 352 g/mol. The van der Waals surface area contributed by atoms with Crippen LogP contribution >= 0.6 is 0 Å². The predicted molar refractivity (Wildman–Crippen MR) is 96.6 cm³/mol. The molecule has 1 fully saturated rings. The van der Waals surface area contributed by atoms with Crippen LogP contribution in [0.5, 0.6) is 11.5 Å². The van der Waals surface area contributed by atoms with E-state index < -0.39 is 6.10 Å². The molecule has 0 aliphatic carbocycles. The molecule has 0 aromatic heterocycles. The molecule has 2 aliphatic rings. The number of carbonyl (C=O) groups excluding carboxylic acids is 2. The van der Waals surface area contributed by atoms with Crippen LogP contribution in [0.3, 0.4) is 0 Å². The minimum atomic E-state index is -0.764. The fraction of sp³-hybridized carbons (Fsp3) is 0.300. The predicted octanol–water partition coefficient (Wildman–Crippen LogP) is 2.70. The molecule has 1 N–H and O–H groups in total. The molecule has 134 valence electrons. The Morgan fingerprint density at radius 2 is 1.65 bits per heavy atom. The molecule has 1 atom stereocenters. The molecule has 2 aromatic rings. The lowest BCUT2D eigenvalue weighted by atomic mass is 10.1. The van der Waals surface area contributed by atoms with Gasteiger partial charge in [0.15, 0.2) is 11.5 Å². The molecule has 0 spiro atoms. The van der Waals surface area contributed by atoms with E-state index in [9.17, 15) is 9.59 Å². The number of carbonyl (C=O) groups is 2. The van der Waals surface area contributed by atoms with Gasteiger partial charge in [-0.15, -0.1) is 0 Å². The third kappa shape index (κ3) is 3.22. The van der Waals surface area contributed by atoms with E-state index >= 15 is 0 Å². The molecule has 2 aromatic carbocycles. The average molecular weight is 352 g/mol. The highest BCUT2D eigenvalue weighted by atomic mass is 16.6. The van der Waals surface area contributed by atoms with Gasteiger partial charge in [0.1, 0.15) is 6.61 Å². The van der Waals surface area contributed by atoms with E-state index in [0.29, 0.717) is 22.7 Å². The third-order valence-corrected chi connectivity index (χ3v) is 4.61. The SMILES string of the molecule is O=C(Nc1ccccc1C(=O)N1CCCC1)[C@H]1COc2ccccc2O1. The molecule has 0 saturated carbocycles. The van der Waals surface area contributed by atoms with Crippen molar-refractivity contribution in [2.75, 3.05) is 25.0 Å². The highest BCUT2D eigenvalue weighted by Gasteiger charge is 2.29. The smallest absolute Gasteiger partial charge is 0.269 e. The minimum absolute atomic E-state index is 0.0513. The Morgan fingerprint density at radius 3 is 2.46 bits per heavy atom. The molecule has 2 amide bonds. The summed E-state index contributed by atoms with van der Waals surface area (Å²) in [4.78, 5) is 27.2. The second-order valence-corrected chi connectivity index (χ2v) is 6.40. The molecule has 1 saturated heterocycles. The Balaban J connectivity index is 1.49. The summed E-state index contributed by atoms with van der Waals surface area (Å²) >= 11 is 0. The lowest BCUT2D eigenvalue weighted by Gasteiger charge is -2.26. The number of anilines is 1. The van der Waals surface area contributed by atoms with Gasteiger partial charge in [-0.2, -0.15) is 0 Å². The van der Waals surface area contributed by atoms with Gasteiger partial charge in [-0.25, -0.2) is 0 Å². The van der Waals surface area contributed by atoms with Crippen LogP contribution in [-0.4, -0.2) is 42.5 Å². The largest absolute Gasteiger partial charge is 0.485 e. The van der Waals surface area contributed by atoms with E-state index in [-0.39, 0.29) is 18.4 Å². The fourth-order valence-corrected chi connectivity index (χ4v) is 3.23. The van der Waals surface area contributed by atoms with Crippen LogP contribution in [0.4, 0.5) is 5.69 Å². The zero-order valence-electron chi connectivity index (χ0n) is 14.3. The summed E-state index contributed by atoms with van der Waals surface area (Å²) in [6, 6.07) is 14.3. The number of fused-ring (bicyclic) bond motifs is 1. The molecule has 2 aliphatic heterocycles. The minimum Gasteiger partial charge on any atom is -0.485 e. The van der Waals surface area contributed by atoms with Gasteiger partial charge in [0.25, 0.3) is 11.8 Å². The Hall–Kier alpha value is -3.02. The van der Waals surface area contributed by atoms with Crippen molar-refractivity contribution in [2.45, 2.75) is 18.9 Å². The van der Waals surface area contributed by atoms with E-state index in [2.05, 4.69) is 5.32 Å². The summed E-state index contributed by atoms with van der Waals surface area (Å²) < 4.78 is 11.3. The first kappa shape index (κ1) is 16.4. The van der Waals surface area contributed by atoms with Crippen molar-refractivity contribution in [1.29, 1.82) is 0 Å². The second-order valence-electron chi connectivity index (χ2n) is 6.40. The molecular weight excluding hydrogens is 332 g/mol. The van der Waals surface area contributed by atoms with E-state index in [4.69, 9.17) is 9.47 Å². The summed E-state index contributed by atoms with van der Waals surface area (Å²) in [6.45, 7) is 1.65. The van der Waals surface area contributed by atoms with Gasteiger partial charge in [-0.05, 0) is 37.1 Å². The van der Waals surface area contributed by atoms with Crippen LogP contribution in [0.2, 0.25) is 0 Å². The van der Waals surface area contributed by atoms with Crippen molar-refractivity contribution in [1.82, 2.24) is 4.90 Å². The van der Waals surface area contributed by atoms with E-state index in [1.54, 1.807) is 36.4 Å². The first-order valence-electron chi connectivity index (χ1n) is 8.80. The van der Waals surface area contributed by atoms with Crippen molar-refractivity contribution < 1.29 is 19.1 Å². The van der Waals surface area contributed by atoms with E-state index in [1.807, 2.05) is 17.0 Å². The maximum Gasteiger partial charge on any atom is 0.269 e. The van der Waals surface area contributed by atoms with Crippen LogP contribution in [-0.2, 0) is 4.79 Å². The van der Waals surface area contributed by atoms with Crippen molar-refractivity contribution in [2.24, 2.45) is 0 Å². The number of ether oxygens (including phenoxy) is 2. The van der Waals surface area contributed by atoms with Gasteiger partial charge in [-0.3, -0.25) is 9.59 Å². The van der Waals surface area contributed by atoms with E-state index in [0.717, 1.165) is 25.9 Å². The quantitative estimate of drug-likeness (QED) is 0.922. The Bertz CT molecular complexity index is 830. The highest BCUT2D eigenvalue weighted by molar-refractivity contribution is 6.04. The zero-order valence-corrected chi connectivity index (χ0v) is 14.3. The number of likely N-dealkylation sites (tertiary alicyclic amines) is 1. The molecule has 6 heteroatoms. The van der Waals surface area contributed by atoms with Gasteiger partial charge in [0, 0.05) is 13.1 Å². The molecular formula is C20H20N2O4. The summed E-state index contributed by atoms with van der Waals surface area (Å²) in [5, 5.41) is 2.82. The van der Waals surface area contributed by atoms with Crippen molar-refractivity contribution >= 4 is 17.5 Å². The van der Waals surface area contributed by atoms with Crippen LogP contribution in [0.1, 0.15) is 23.2 Å². The molecule has 0 unspecified atom stereocenters. The third-order valence-electron chi connectivity index (χ3n) is 4.61. The van der Waals surface area contributed by atoms with E-state index in [1.165, 1.54) is 0 Å². The first-order valence-corrected chi connectivity index (χ1v) is 8.80. The molecule has 2 heterocycles. The zero-order chi connectivity index (χ0) is 17.9. The van der Waals surface area contributed by atoms with Crippen LogP contribution in [0.15, 0.2) is 48.5 Å². The maximum absolute atomic E-state index is 12.7. The maximum atomic E-state index is 12.7. The van der Waals surface area contributed by atoms with Crippen molar-refractivity contribution in [3.63, 3.8) is 0 Å². The number of benzene rings is 2. The number of rotatable bonds is 3. The molecule has 0 bridgehead atoms. The van der Waals surface area contributed by atoms with Crippen molar-refractivity contribution in [3.8, 4) is 11.5 Å². The molecule has 4 rings (SSSR count). The normalized spacial score (nSPS) is 18.5. The Kier molecular flexibility index (Phi) is 4.48. The van der Waals surface area contributed by atoms with Gasteiger partial charge >= 0.3 is 0 Å².